The highest BCUT2D eigenvalue weighted by Gasteiger charge is 2.23. The van der Waals surface area contributed by atoms with E-state index < -0.39 is 12.0 Å². The van der Waals surface area contributed by atoms with Crippen LogP contribution in [0.2, 0.25) is 5.02 Å². The molecule has 0 unspecified atom stereocenters. The lowest BCUT2D eigenvalue weighted by molar-refractivity contribution is -0.145. The molecule has 0 aliphatic rings. The van der Waals surface area contributed by atoms with Crippen molar-refractivity contribution in [3.63, 3.8) is 0 Å². The largest absolute Gasteiger partial charge is 0.467 e. The molecule has 0 spiro atoms. The van der Waals surface area contributed by atoms with Gasteiger partial charge in [0.25, 0.3) is 0 Å². The molecule has 1 aromatic heterocycles. The van der Waals surface area contributed by atoms with Gasteiger partial charge in [-0.1, -0.05) is 37.2 Å². The molecule has 26 heavy (non-hydrogen) atoms. The Kier molecular flexibility index (Phi) is 7.40. The number of ether oxygens (including phenoxy) is 1. The van der Waals surface area contributed by atoms with E-state index in [2.05, 4.69) is 20.8 Å². The van der Waals surface area contributed by atoms with Crippen LogP contribution in [-0.4, -0.2) is 51.0 Å². The summed E-state index contributed by atoms with van der Waals surface area (Å²) in [4.78, 5) is 24.0. The van der Waals surface area contributed by atoms with Gasteiger partial charge in [-0.25, -0.2) is 4.79 Å². The number of nitrogens with zero attached hydrogens (tertiary/aromatic N) is 4. The maximum absolute atomic E-state index is 12.2. The van der Waals surface area contributed by atoms with Gasteiger partial charge < -0.3 is 10.1 Å². The van der Waals surface area contributed by atoms with E-state index in [0.29, 0.717) is 16.6 Å². The Hall–Kier alpha value is -2.13. The number of halogens is 1. The Morgan fingerprint density at radius 3 is 2.62 bits per heavy atom. The molecule has 1 N–H and O–H groups in total. The van der Waals surface area contributed by atoms with Gasteiger partial charge in [-0.05, 0) is 47.0 Å². The van der Waals surface area contributed by atoms with E-state index in [-0.39, 0.29) is 17.6 Å². The lowest BCUT2D eigenvalue weighted by Gasteiger charge is -2.18. The molecule has 10 heteroatoms. The van der Waals surface area contributed by atoms with Crippen molar-refractivity contribution < 1.29 is 14.3 Å². The van der Waals surface area contributed by atoms with Crippen molar-refractivity contribution in [3.05, 3.63) is 29.3 Å². The van der Waals surface area contributed by atoms with Crippen molar-refractivity contribution in [3.8, 4) is 5.69 Å². The molecule has 0 saturated heterocycles. The van der Waals surface area contributed by atoms with E-state index in [0.717, 1.165) is 5.69 Å². The third-order valence-electron chi connectivity index (χ3n) is 3.37. The minimum Gasteiger partial charge on any atom is -0.467 e. The van der Waals surface area contributed by atoms with Gasteiger partial charge in [0.15, 0.2) is 0 Å². The lowest BCUT2D eigenvalue weighted by atomic mass is 10.0. The zero-order chi connectivity index (χ0) is 19.1. The van der Waals surface area contributed by atoms with Gasteiger partial charge in [-0.15, -0.1) is 5.10 Å². The van der Waals surface area contributed by atoms with Crippen molar-refractivity contribution >= 4 is 35.2 Å². The maximum atomic E-state index is 12.2. The van der Waals surface area contributed by atoms with Crippen LogP contribution >= 0.6 is 23.4 Å². The van der Waals surface area contributed by atoms with Gasteiger partial charge in [-0.2, -0.15) is 4.68 Å². The van der Waals surface area contributed by atoms with Crippen LogP contribution in [0.4, 0.5) is 0 Å². The molecule has 1 aromatic carbocycles. The number of benzene rings is 1. The first-order chi connectivity index (χ1) is 12.4. The highest BCUT2D eigenvalue weighted by Crippen LogP contribution is 2.19. The minimum atomic E-state index is -0.666. The Balaban J connectivity index is 1.98. The highest BCUT2D eigenvalue weighted by atomic mass is 35.5. The van der Waals surface area contributed by atoms with Crippen LogP contribution in [0, 0.1) is 5.92 Å². The molecular formula is C16H20ClN5O3S. The van der Waals surface area contributed by atoms with Gasteiger partial charge in [-0.3, -0.25) is 4.79 Å². The summed E-state index contributed by atoms with van der Waals surface area (Å²) in [6, 6.07) is 6.34. The fraction of sp³-hybridized carbons (Fsp3) is 0.438. The first kappa shape index (κ1) is 20.2. The quantitative estimate of drug-likeness (QED) is 0.538. The molecule has 0 saturated carbocycles. The van der Waals surface area contributed by atoms with Crippen molar-refractivity contribution in [2.24, 2.45) is 5.92 Å². The molecule has 8 nitrogen and oxygen atoms in total. The van der Waals surface area contributed by atoms with Gasteiger partial charge in [0.05, 0.1) is 18.6 Å². The van der Waals surface area contributed by atoms with Gasteiger partial charge in [0.1, 0.15) is 6.04 Å². The Bertz CT molecular complexity index is 751. The third kappa shape index (κ3) is 5.70. The number of carbonyl (C=O) groups excluding carboxylic acids is 2. The normalized spacial score (nSPS) is 12.0. The molecule has 2 aromatic rings. The molecular weight excluding hydrogens is 378 g/mol. The summed E-state index contributed by atoms with van der Waals surface area (Å²) in [6.45, 7) is 3.94. The minimum absolute atomic E-state index is 0.0690. The average molecular weight is 398 g/mol. The van der Waals surface area contributed by atoms with Crippen LogP contribution in [0.5, 0.6) is 0 Å². The van der Waals surface area contributed by atoms with Crippen LogP contribution in [0.1, 0.15) is 20.3 Å². The van der Waals surface area contributed by atoms with Crippen molar-refractivity contribution in [2.75, 3.05) is 12.9 Å². The topological polar surface area (TPSA) is 99.0 Å². The van der Waals surface area contributed by atoms with Gasteiger partial charge >= 0.3 is 5.97 Å². The molecule has 140 valence electrons. The van der Waals surface area contributed by atoms with Crippen molar-refractivity contribution in [2.45, 2.75) is 31.5 Å². The van der Waals surface area contributed by atoms with E-state index in [4.69, 9.17) is 16.3 Å². The first-order valence-electron chi connectivity index (χ1n) is 7.95. The molecule has 0 aliphatic heterocycles. The fourth-order valence-corrected chi connectivity index (χ4v) is 3.04. The Morgan fingerprint density at radius 1 is 1.31 bits per heavy atom. The van der Waals surface area contributed by atoms with E-state index in [1.165, 1.54) is 23.6 Å². The Labute approximate surface area is 160 Å². The van der Waals surface area contributed by atoms with Crippen LogP contribution in [0.3, 0.4) is 0 Å². The van der Waals surface area contributed by atoms with Gasteiger partial charge in [0, 0.05) is 5.02 Å². The second-order valence-corrected chi connectivity index (χ2v) is 7.29. The molecule has 0 bridgehead atoms. The van der Waals surface area contributed by atoms with Crippen molar-refractivity contribution in [1.29, 1.82) is 0 Å². The van der Waals surface area contributed by atoms with Crippen LogP contribution in [-0.2, 0) is 14.3 Å². The van der Waals surface area contributed by atoms with E-state index in [1.807, 2.05) is 13.8 Å². The number of carbonyl (C=O) groups is 2. The number of tetrazole rings is 1. The fourth-order valence-electron chi connectivity index (χ4n) is 2.21. The summed E-state index contributed by atoms with van der Waals surface area (Å²) >= 11 is 7.05. The molecule has 0 radical (unpaired) electrons. The van der Waals surface area contributed by atoms with E-state index >= 15 is 0 Å². The average Bonchev–Trinajstić information content (AvgIpc) is 3.07. The second-order valence-electron chi connectivity index (χ2n) is 5.91. The van der Waals surface area contributed by atoms with Crippen LogP contribution in [0.25, 0.3) is 5.69 Å². The predicted molar refractivity (Wildman–Crippen MR) is 98.3 cm³/mol. The standard InChI is InChI=1S/C16H20ClN5O3S/c1-10(2)8-13(15(24)25-3)18-14(23)9-26-16-19-20-21-22(16)12-6-4-11(17)5-7-12/h4-7,10,13H,8-9H2,1-3H3,(H,18,23)/t13-/m0/s1. The Morgan fingerprint density at radius 2 is 2.00 bits per heavy atom. The SMILES string of the molecule is COC(=O)[C@H](CC(C)C)NC(=O)CSc1nnnn1-c1ccc(Cl)cc1. The lowest BCUT2D eigenvalue weighted by Crippen LogP contribution is -2.43. The number of esters is 1. The molecule has 1 atom stereocenters. The summed E-state index contributed by atoms with van der Waals surface area (Å²) in [5, 5.41) is 15.3. The number of rotatable bonds is 8. The molecule has 1 amide bonds. The summed E-state index contributed by atoms with van der Waals surface area (Å²) in [5.41, 5.74) is 0.731. The van der Waals surface area contributed by atoms with Crippen LogP contribution in [0.15, 0.2) is 29.4 Å². The molecule has 0 fully saturated rings. The summed E-state index contributed by atoms with van der Waals surface area (Å²) in [6.07, 6.45) is 0.506. The summed E-state index contributed by atoms with van der Waals surface area (Å²) in [5.74, 6) is -0.441. The number of aromatic nitrogens is 4. The number of hydrogen-bond donors (Lipinski definition) is 1. The number of methoxy groups -OCH3 is 1. The molecule has 2 rings (SSSR count). The number of hydrogen-bond acceptors (Lipinski definition) is 7. The van der Waals surface area contributed by atoms with Crippen molar-refractivity contribution in [1.82, 2.24) is 25.5 Å². The predicted octanol–water partition coefficient (Wildman–Crippen LogP) is 2.11. The van der Waals surface area contributed by atoms with Gasteiger partial charge in [0.2, 0.25) is 11.1 Å². The zero-order valence-electron chi connectivity index (χ0n) is 14.7. The highest BCUT2D eigenvalue weighted by molar-refractivity contribution is 7.99. The number of thioether (sulfide) groups is 1. The summed E-state index contributed by atoms with van der Waals surface area (Å²) < 4.78 is 6.26. The maximum Gasteiger partial charge on any atom is 0.328 e. The molecule has 1 heterocycles. The zero-order valence-corrected chi connectivity index (χ0v) is 16.3. The monoisotopic (exact) mass is 397 g/mol. The van der Waals surface area contributed by atoms with E-state index in [1.54, 1.807) is 24.3 Å². The number of nitrogens with one attached hydrogen (secondary N) is 1. The van der Waals surface area contributed by atoms with E-state index in [9.17, 15) is 9.59 Å². The third-order valence-corrected chi connectivity index (χ3v) is 4.54. The second kappa shape index (κ2) is 9.54. The van der Waals surface area contributed by atoms with Crippen LogP contribution < -0.4 is 5.32 Å². The first-order valence-corrected chi connectivity index (χ1v) is 9.31. The smallest absolute Gasteiger partial charge is 0.328 e. The molecule has 0 aliphatic carbocycles. The summed E-state index contributed by atoms with van der Waals surface area (Å²) in [7, 11) is 1.30. The number of amides is 1.